The van der Waals surface area contributed by atoms with Crippen molar-refractivity contribution < 1.29 is 0 Å². The van der Waals surface area contributed by atoms with E-state index >= 15 is 0 Å². The Kier molecular flexibility index (Phi) is 3.84. The van der Waals surface area contributed by atoms with E-state index in [-0.39, 0.29) is 0 Å². The molecule has 19 heavy (non-hydrogen) atoms. The van der Waals surface area contributed by atoms with Crippen LogP contribution >= 0.6 is 0 Å². The van der Waals surface area contributed by atoms with Gasteiger partial charge in [0.15, 0.2) is 0 Å². The third-order valence-corrected chi connectivity index (χ3v) is 4.65. The molecule has 2 fully saturated rings. The number of nitrogens with zero attached hydrogens (tertiary/aromatic N) is 4. The van der Waals surface area contributed by atoms with Gasteiger partial charge in [0.05, 0.1) is 6.04 Å². The minimum Gasteiger partial charge on any atom is -0.317 e. The van der Waals surface area contributed by atoms with Crippen LogP contribution in [-0.2, 0) is 6.54 Å². The molecule has 2 aliphatic rings. The SMILES string of the molecule is CCn1c(C)nnc1C1CCCN1C1CCNCC1. The molecule has 1 unspecified atom stereocenters. The van der Waals surface area contributed by atoms with Crippen LogP contribution in [0.3, 0.4) is 0 Å². The topological polar surface area (TPSA) is 46.0 Å². The lowest BCUT2D eigenvalue weighted by molar-refractivity contribution is 0.141. The largest absolute Gasteiger partial charge is 0.317 e. The van der Waals surface area contributed by atoms with Crippen LogP contribution in [0.25, 0.3) is 0 Å². The lowest BCUT2D eigenvalue weighted by Gasteiger charge is -2.35. The first-order valence-corrected chi connectivity index (χ1v) is 7.67. The fourth-order valence-electron chi connectivity index (χ4n) is 3.68. The van der Waals surface area contributed by atoms with Gasteiger partial charge in [0.2, 0.25) is 0 Å². The number of nitrogens with one attached hydrogen (secondary N) is 1. The molecule has 5 heteroatoms. The average molecular weight is 263 g/mol. The molecule has 0 amide bonds. The van der Waals surface area contributed by atoms with E-state index in [4.69, 9.17) is 0 Å². The molecule has 0 aliphatic carbocycles. The first-order valence-electron chi connectivity index (χ1n) is 7.67. The zero-order chi connectivity index (χ0) is 13.2. The van der Waals surface area contributed by atoms with Crippen LogP contribution in [0.2, 0.25) is 0 Å². The van der Waals surface area contributed by atoms with E-state index in [2.05, 4.69) is 38.8 Å². The van der Waals surface area contributed by atoms with Gasteiger partial charge in [-0.25, -0.2) is 0 Å². The quantitative estimate of drug-likeness (QED) is 0.897. The molecular formula is C14H25N5. The molecule has 1 atom stereocenters. The van der Waals surface area contributed by atoms with Gasteiger partial charge in [0, 0.05) is 12.6 Å². The summed E-state index contributed by atoms with van der Waals surface area (Å²) in [4.78, 5) is 2.69. The van der Waals surface area contributed by atoms with Crippen molar-refractivity contribution in [3.63, 3.8) is 0 Å². The molecule has 3 heterocycles. The van der Waals surface area contributed by atoms with Crippen molar-refractivity contribution in [2.45, 2.75) is 58.2 Å². The second kappa shape index (κ2) is 5.59. The molecular weight excluding hydrogens is 238 g/mol. The van der Waals surface area contributed by atoms with Crippen molar-refractivity contribution in [2.75, 3.05) is 19.6 Å². The van der Waals surface area contributed by atoms with Crippen molar-refractivity contribution in [2.24, 2.45) is 0 Å². The van der Waals surface area contributed by atoms with Crippen LogP contribution in [0.5, 0.6) is 0 Å². The second-order valence-corrected chi connectivity index (χ2v) is 5.73. The molecule has 1 N–H and O–H groups in total. The van der Waals surface area contributed by atoms with Gasteiger partial charge in [-0.05, 0) is 59.2 Å². The summed E-state index contributed by atoms with van der Waals surface area (Å²) in [6.07, 6.45) is 5.08. The minimum atomic E-state index is 0.490. The van der Waals surface area contributed by atoms with Gasteiger partial charge in [0.1, 0.15) is 11.6 Å². The van der Waals surface area contributed by atoms with Crippen LogP contribution < -0.4 is 5.32 Å². The first kappa shape index (κ1) is 13.1. The third kappa shape index (κ3) is 2.41. The van der Waals surface area contributed by atoms with Crippen molar-refractivity contribution in [3.8, 4) is 0 Å². The van der Waals surface area contributed by atoms with E-state index in [1.54, 1.807) is 0 Å². The van der Waals surface area contributed by atoms with Gasteiger partial charge in [-0.2, -0.15) is 0 Å². The summed E-state index contributed by atoms with van der Waals surface area (Å²) in [5.74, 6) is 2.24. The minimum absolute atomic E-state index is 0.490. The second-order valence-electron chi connectivity index (χ2n) is 5.73. The normalized spacial score (nSPS) is 26.1. The van der Waals surface area contributed by atoms with Crippen molar-refractivity contribution >= 4 is 0 Å². The Hall–Kier alpha value is -0.940. The molecule has 0 bridgehead atoms. The summed E-state index contributed by atoms with van der Waals surface area (Å²) in [7, 11) is 0. The molecule has 2 saturated heterocycles. The van der Waals surface area contributed by atoms with E-state index in [9.17, 15) is 0 Å². The molecule has 1 aromatic heterocycles. The van der Waals surface area contributed by atoms with Crippen molar-refractivity contribution in [1.29, 1.82) is 0 Å². The lowest BCUT2D eigenvalue weighted by Crippen LogP contribution is -2.43. The zero-order valence-electron chi connectivity index (χ0n) is 12.1. The molecule has 5 nitrogen and oxygen atoms in total. The van der Waals surface area contributed by atoms with E-state index in [1.165, 1.54) is 38.1 Å². The fraction of sp³-hybridized carbons (Fsp3) is 0.857. The Labute approximate surface area is 115 Å². The first-order chi connectivity index (χ1) is 9.31. The molecule has 0 spiro atoms. The Morgan fingerprint density at radius 1 is 1.21 bits per heavy atom. The molecule has 0 aromatic carbocycles. The number of aromatic nitrogens is 3. The standard InChI is InChI=1S/C14H25N5/c1-3-18-11(2)16-17-14(18)13-5-4-10-19(13)12-6-8-15-9-7-12/h12-13,15H,3-10H2,1-2H3. The fourth-order valence-corrected chi connectivity index (χ4v) is 3.68. The molecule has 3 rings (SSSR count). The molecule has 0 saturated carbocycles. The van der Waals surface area contributed by atoms with Crippen LogP contribution in [0, 0.1) is 6.92 Å². The van der Waals surface area contributed by atoms with E-state index in [0.717, 1.165) is 31.5 Å². The lowest BCUT2D eigenvalue weighted by atomic mass is 10.0. The Balaban J connectivity index is 1.82. The Morgan fingerprint density at radius 3 is 2.74 bits per heavy atom. The van der Waals surface area contributed by atoms with E-state index in [1.807, 2.05) is 0 Å². The van der Waals surface area contributed by atoms with Gasteiger partial charge in [-0.15, -0.1) is 10.2 Å². The highest BCUT2D eigenvalue weighted by molar-refractivity contribution is 5.04. The summed E-state index contributed by atoms with van der Waals surface area (Å²) in [5, 5.41) is 12.2. The van der Waals surface area contributed by atoms with Gasteiger partial charge in [-0.3, -0.25) is 4.90 Å². The predicted octanol–water partition coefficient (Wildman–Crippen LogP) is 1.50. The summed E-state index contributed by atoms with van der Waals surface area (Å²) in [6, 6.07) is 1.22. The summed E-state index contributed by atoms with van der Waals surface area (Å²) in [6.45, 7) is 8.77. The third-order valence-electron chi connectivity index (χ3n) is 4.65. The smallest absolute Gasteiger partial charge is 0.150 e. The number of rotatable bonds is 3. The average Bonchev–Trinajstić information content (AvgIpc) is 3.05. The maximum absolute atomic E-state index is 4.47. The molecule has 106 valence electrons. The number of likely N-dealkylation sites (tertiary alicyclic amines) is 1. The highest BCUT2D eigenvalue weighted by Crippen LogP contribution is 2.34. The Bertz CT molecular complexity index is 421. The van der Waals surface area contributed by atoms with Crippen molar-refractivity contribution in [1.82, 2.24) is 25.0 Å². The highest BCUT2D eigenvalue weighted by atomic mass is 15.3. The number of aryl methyl sites for hydroxylation is 1. The molecule has 2 aliphatic heterocycles. The van der Waals surface area contributed by atoms with Crippen LogP contribution in [-0.4, -0.2) is 45.3 Å². The van der Waals surface area contributed by atoms with Crippen LogP contribution in [0.15, 0.2) is 0 Å². The summed E-state index contributed by atoms with van der Waals surface area (Å²) < 4.78 is 2.28. The maximum atomic E-state index is 4.47. The van der Waals surface area contributed by atoms with Crippen LogP contribution in [0.1, 0.15) is 50.3 Å². The van der Waals surface area contributed by atoms with Gasteiger partial charge in [-0.1, -0.05) is 0 Å². The maximum Gasteiger partial charge on any atom is 0.150 e. The number of hydrogen-bond acceptors (Lipinski definition) is 4. The van der Waals surface area contributed by atoms with Gasteiger partial charge >= 0.3 is 0 Å². The van der Waals surface area contributed by atoms with Crippen LogP contribution in [0.4, 0.5) is 0 Å². The van der Waals surface area contributed by atoms with E-state index < -0.39 is 0 Å². The monoisotopic (exact) mass is 263 g/mol. The van der Waals surface area contributed by atoms with Crippen molar-refractivity contribution in [3.05, 3.63) is 11.6 Å². The van der Waals surface area contributed by atoms with Gasteiger partial charge < -0.3 is 9.88 Å². The van der Waals surface area contributed by atoms with Gasteiger partial charge in [0.25, 0.3) is 0 Å². The Morgan fingerprint density at radius 2 is 2.00 bits per heavy atom. The zero-order valence-corrected chi connectivity index (χ0v) is 12.1. The van der Waals surface area contributed by atoms with E-state index in [0.29, 0.717) is 6.04 Å². The molecule has 0 radical (unpaired) electrons. The number of hydrogen-bond donors (Lipinski definition) is 1. The molecule has 1 aromatic rings. The number of piperidine rings is 1. The predicted molar refractivity (Wildman–Crippen MR) is 75.0 cm³/mol. The summed E-state index contributed by atoms with van der Waals surface area (Å²) >= 11 is 0. The highest BCUT2D eigenvalue weighted by Gasteiger charge is 2.35. The summed E-state index contributed by atoms with van der Waals surface area (Å²) in [5.41, 5.74) is 0.